The Hall–Kier alpha value is -1.65. The first-order chi connectivity index (χ1) is 11.7. The van der Waals surface area contributed by atoms with Crippen LogP contribution in [0.2, 0.25) is 0 Å². The van der Waals surface area contributed by atoms with Gasteiger partial charge in [-0.15, -0.1) is 0 Å². The third-order valence-corrected chi connectivity index (χ3v) is 6.71. The minimum atomic E-state index is 0.00355. The van der Waals surface area contributed by atoms with E-state index in [2.05, 4.69) is 57.0 Å². The van der Waals surface area contributed by atoms with Crippen LogP contribution in [0.1, 0.15) is 36.3 Å². The van der Waals surface area contributed by atoms with Gasteiger partial charge in [-0.25, -0.2) is 0 Å². The number of hydrogen-bond donors (Lipinski definition) is 0. The van der Waals surface area contributed by atoms with Gasteiger partial charge in [0.05, 0.1) is 5.54 Å². The zero-order chi connectivity index (χ0) is 16.6. The molecule has 126 valence electrons. The van der Waals surface area contributed by atoms with E-state index in [1.807, 2.05) is 7.05 Å². The van der Waals surface area contributed by atoms with Crippen LogP contribution in [0.4, 0.5) is 0 Å². The van der Waals surface area contributed by atoms with Gasteiger partial charge in [-0.2, -0.15) is 11.3 Å². The second-order valence-electron chi connectivity index (χ2n) is 7.13. The van der Waals surface area contributed by atoms with Crippen molar-refractivity contribution >= 4 is 17.2 Å². The highest BCUT2D eigenvalue weighted by atomic mass is 32.1. The predicted molar refractivity (Wildman–Crippen MR) is 98.1 cm³/mol. The normalized spacial score (nSPS) is 24.0. The summed E-state index contributed by atoms with van der Waals surface area (Å²) in [5, 5.41) is 4.39. The molecule has 4 heteroatoms. The molecule has 1 unspecified atom stereocenters. The lowest BCUT2D eigenvalue weighted by atomic mass is 9.73. The Morgan fingerprint density at radius 3 is 2.58 bits per heavy atom. The number of thiophene rings is 1. The number of amides is 1. The Balaban J connectivity index is 1.53. The van der Waals surface area contributed by atoms with E-state index in [9.17, 15) is 4.79 Å². The number of likely N-dealkylation sites (N-methyl/N-ethyl adjacent to an activating group) is 1. The minimum Gasteiger partial charge on any atom is -0.339 e. The van der Waals surface area contributed by atoms with Crippen molar-refractivity contribution in [3.63, 3.8) is 0 Å². The zero-order valence-corrected chi connectivity index (χ0v) is 15.0. The van der Waals surface area contributed by atoms with Crippen molar-refractivity contribution in [3.05, 3.63) is 58.3 Å². The van der Waals surface area contributed by atoms with Crippen molar-refractivity contribution < 1.29 is 4.79 Å². The summed E-state index contributed by atoms with van der Waals surface area (Å²) >= 11 is 1.77. The van der Waals surface area contributed by atoms with Crippen LogP contribution in [0.25, 0.3) is 0 Å². The maximum Gasteiger partial charge on any atom is 0.223 e. The topological polar surface area (TPSA) is 23.6 Å². The lowest BCUT2D eigenvalue weighted by Crippen LogP contribution is -2.53. The van der Waals surface area contributed by atoms with Crippen molar-refractivity contribution in [1.29, 1.82) is 0 Å². The van der Waals surface area contributed by atoms with Gasteiger partial charge in [0.15, 0.2) is 0 Å². The molecule has 1 aromatic heterocycles. The maximum atomic E-state index is 12.5. The Bertz CT molecular complexity index is 690. The van der Waals surface area contributed by atoms with Gasteiger partial charge >= 0.3 is 0 Å². The molecule has 2 aromatic rings. The maximum absolute atomic E-state index is 12.5. The smallest absolute Gasteiger partial charge is 0.223 e. The standard InChI is InChI=1S/C20H24N2OS/c1-21-19(23)13-18(17-5-3-2-4-6-17)20(21)8-10-22(11-9-20)14-16-7-12-24-15-16/h2-7,12,15,18H,8-11,13-14H2,1H3. The molecule has 0 radical (unpaired) electrons. The van der Waals surface area contributed by atoms with E-state index in [4.69, 9.17) is 0 Å². The van der Waals surface area contributed by atoms with Gasteiger partial charge < -0.3 is 4.90 Å². The molecule has 3 nitrogen and oxygen atoms in total. The molecule has 3 heterocycles. The molecule has 2 fully saturated rings. The summed E-state index contributed by atoms with van der Waals surface area (Å²) < 4.78 is 0. The largest absolute Gasteiger partial charge is 0.339 e. The van der Waals surface area contributed by atoms with Crippen LogP contribution >= 0.6 is 11.3 Å². The summed E-state index contributed by atoms with van der Waals surface area (Å²) in [5.41, 5.74) is 2.73. The minimum absolute atomic E-state index is 0.00355. The third kappa shape index (κ3) is 2.68. The molecule has 1 amide bonds. The molecule has 24 heavy (non-hydrogen) atoms. The lowest BCUT2D eigenvalue weighted by molar-refractivity contribution is -0.130. The molecule has 2 saturated heterocycles. The second-order valence-corrected chi connectivity index (χ2v) is 7.91. The lowest BCUT2D eigenvalue weighted by Gasteiger charge is -2.47. The van der Waals surface area contributed by atoms with Gasteiger partial charge in [0.1, 0.15) is 0 Å². The van der Waals surface area contributed by atoms with Crippen LogP contribution < -0.4 is 0 Å². The van der Waals surface area contributed by atoms with E-state index in [0.29, 0.717) is 18.2 Å². The number of benzene rings is 1. The molecule has 1 spiro atoms. The number of carbonyl (C=O) groups is 1. The first-order valence-corrected chi connectivity index (χ1v) is 9.68. The number of piperidine rings is 1. The van der Waals surface area contributed by atoms with Crippen LogP contribution in [0, 0.1) is 0 Å². The van der Waals surface area contributed by atoms with Gasteiger partial charge in [0.25, 0.3) is 0 Å². The van der Waals surface area contributed by atoms with Crippen LogP contribution in [0.5, 0.6) is 0 Å². The molecule has 4 rings (SSSR count). The molecule has 1 aromatic carbocycles. The number of rotatable bonds is 3. The van der Waals surface area contributed by atoms with E-state index in [0.717, 1.165) is 32.5 Å². The Morgan fingerprint density at radius 1 is 1.17 bits per heavy atom. The molecular formula is C20H24N2OS. The van der Waals surface area contributed by atoms with Crippen LogP contribution in [-0.2, 0) is 11.3 Å². The van der Waals surface area contributed by atoms with E-state index in [-0.39, 0.29) is 5.54 Å². The fraction of sp³-hybridized carbons (Fsp3) is 0.450. The number of likely N-dealkylation sites (tertiary alicyclic amines) is 2. The van der Waals surface area contributed by atoms with Gasteiger partial charge in [-0.1, -0.05) is 30.3 Å². The summed E-state index contributed by atoms with van der Waals surface area (Å²) in [6.45, 7) is 3.17. The van der Waals surface area contributed by atoms with E-state index in [1.165, 1.54) is 11.1 Å². The molecule has 0 N–H and O–H groups in total. The van der Waals surface area contributed by atoms with Crippen molar-refractivity contribution in [2.45, 2.75) is 37.3 Å². The number of carbonyl (C=O) groups excluding carboxylic acids is 1. The fourth-order valence-electron chi connectivity index (χ4n) is 4.52. The quantitative estimate of drug-likeness (QED) is 0.850. The zero-order valence-electron chi connectivity index (χ0n) is 14.1. The van der Waals surface area contributed by atoms with Gasteiger partial charge in [0.2, 0.25) is 5.91 Å². The first kappa shape index (κ1) is 15.9. The van der Waals surface area contributed by atoms with Crippen molar-refractivity contribution in [2.24, 2.45) is 0 Å². The Morgan fingerprint density at radius 2 is 1.92 bits per heavy atom. The van der Waals surface area contributed by atoms with Crippen molar-refractivity contribution in [2.75, 3.05) is 20.1 Å². The molecule has 2 aliphatic heterocycles. The van der Waals surface area contributed by atoms with Crippen LogP contribution in [0.15, 0.2) is 47.2 Å². The second kappa shape index (κ2) is 6.34. The highest BCUT2D eigenvalue weighted by Gasteiger charge is 2.52. The highest BCUT2D eigenvalue weighted by Crippen LogP contribution is 2.48. The first-order valence-electron chi connectivity index (χ1n) is 8.74. The third-order valence-electron chi connectivity index (χ3n) is 5.98. The fourth-order valence-corrected chi connectivity index (χ4v) is 5.18. The van der Waals surface area contributed by atoms with Crippen molar-refractivity contribution in [3.8, 4) is 0 Å². The SMILES string of the molecule is CN1C(=O)CC(c2ccccc2)C12CCN(Cc1ccsc1)CC2. The number of nitrogens with zero attached hydrogens (tertiary/aromatic N) is 2. The van der Waals surface area contributed by atoms with Gasteiger partial charge in [-0.3, -0.25) is 9.69 Å². The van der Waals surface area contributed by atoms with Gasteiger partial charge in [0, 0.05) is 39.0 Å². The van der Waals surface area contributed by atoms with Crippen LogP contribution in [0.3, 0.4) is 0 Å². The molecule has 0 saturated carbocycles. The predicted octanol–water partition coefficient (Wildman–Crippen LogP) is 3.73. The molecule has 0 bridgehead atoms. The molecule has 1 atom stereocenters. The summed E-state index contributed by atoms with van der Waals surface area (Å²) in [6, 6.07) is 12.8. The molecule has 0 aliphatic carbocycles. The summed E-state index contributed by atoms with van der Waals surface area (Å²) in [5.74, 6) is 0.634. The van der Waals surface area contributed by atoms with E-state index < -0.39 is 0 Å². The summed E-state index contributed by atoms with van der Waals surface area (Å²) in [4.78, 5) is 17.1. The molecule has 2 aliphatic rings. The van der Waals surface area contributed by atoms with Crippen molar-refractivity contribution in [1.82, 2.24) is 9.80 Å². The Labute approximate surface area is 147 Å². The highest BCUT2D eigenvalue weighted by molar-refractivity contribution is 7.07. The number of hydrogen-bond acceptors (Lipinski definition) is 3. The average Bonchev–Trinajstić information content (AvgIpc) is 3.21. The monoisotopic (exact) mass is 340 g/mol. The van der Waals surface area contributed by atoms with E-state index >= 15 is 0 Å². The summed E-state index contributed by atoms with van der Waals surface area (Å²) in [7, 11) is 2.01. The Kier molecular flexibility index (Phi) is 4.19. The average molecular weight is 340 g/mol. The van der Waals surface area contributed by atoms with Crippen LogP contribution in [-0.4, -0.2) is 41.4 Å². The summed E-state index contributed by atoms with van der Waals surface area (Å²) in [6.07, 6.45) is 2.79. The van der Waals surface area contributed by atoms with Gasteiger partial charge in [-0.05, 0) is 40.8 Å². The van der Waals surface area contributed by atoms with E-state index in [1.54, 1.807) is 11.3 Å². The molecular weight excluding hydrogens is 316 g/mol.